The number of hydrogen-bond donors (Lipinski definition) is 1. The maximum Gasteiger partial charge on any atom is 0.238 e. The van der Waals surface area contributed by atoms with E-state index in [0.29, 0.717) is 24.3 Å². The summed E-state index contributed by atoms with van der Waals surface area (Å²) >= 11 is 3.31. The molecule has 1 aliphatic carbocycles. The fourth-order valence-corrected chi connectivity index (χ4v) is 5.30. The molecular formula is C20H21N3OS2. The van der Waals surface area contributed by atoms with Crippen molar-refractivity contribution in [2.24, 2.45) is 5.92 Å². The van der Waals surface area contributed by atoms with Crippen LogP contribution < -0.4 is 5.32 Å². The number of rotatable bonds is 6. The predicted octanol–water partition coefficient (Wildman–Crippen LogP) is 4.31. The van der Waals surface area contributed by atoms with Gasteiger partial charge in [-0.25, -0.2) is 0 Å². The number of benzene rings is 1. The average molecular weight is 384 g/mol. The molecule has 4 rings (SSSR count). The number of thiophene rings is 1. The van der Waals surface area contributed by atoms with Crippen LogP contribution in [0.4, 0.5) is 5.69 Å². The van der Waals surface area contributed by atoms with Gasteiger partial charge in [-0.3, -0.25) is 9.69 Å². The van der Waals surface area contributed by atoms with Gasteiger partial charge in [0.1, 0.15) is 0 Å². The average Bonchev–Trinajstić information content (AvgIpc) is 3.37. The Hall–Kier alpha value is -1.81. The van der Waals surface area contributed by atoms with E-state index in [9.17, 15) is 4.79 Å². The molecule has 0 saturated heterocycles. The van der Waals surface area contributed by atoms with E-state index >= 15 is 0 Å². The number of thioether (sulfide) groups is 1. The summed E-state index contributed by atoms with van der Waals surface area (Å²) in [5, 5.41) is 14.0. The van der Waals surface area contributed by atoms with E-state index in [-0.39, 0.29) is 5.91 Å². The lowest BCUT2D eigenvalue weighted by Gasteiger charge is -2.35. The second-order valence-electron chi connectivity index (χ2n) is 6.79. The summed E-state index contributed by atoms with van der Waals surface area (Å²) in [6.45, 7) is 1.38. The first-order valence-corrected chi connectivity index (χ1v) is 10.8. The largest absolute Gasteiger partial charge is 0.324 e. The van der Waals surface area contributed by atoms with Crippen molar-refractivity contribution in [3.05, 3.63) is 46.2 Å². The topological polar surface area (TPSA) is 56.1 Å². The Balaban J connectivity index is 1.45. The van der Waals surface area contributed by atoms with Gasteiger partial charge in [-0.05, 0) is 54.3 Å². The number of nitriles is 1. The molecule has 134 valence electrons. The minimum absolute atomic E-state index is 0.0272. The molecule has 1 amide bonds. The van der Waals surface area contributed by atoms with Gasteiger partial charge < -0.3 is 5.32 Å². The molecule has 2 heterocycles. The van der Waals surface area contributed by atoms with Gasteiger partial charge in [0.2, 0.25) is 5.91 Å². The molecular weight excluding hydrogens is 362 g/mol. The minimum atomic E-state index is 0.0272. The first-order chi connectivity index (χ1) is 12.8. The van der Waals surface area contributed by atoms with Crippen LogP contribution in [0.1, 0.15) is 29.3 Å². The van der Waals surface area contributed by atoms with Crippen molar-refractivity contribution >= 4 is 34.7 Å². The Bertz CT molecular complexity index is 838. The lowest BCUT2D eigenvalue weighted by atomic mass is 9.96. The molecule has 1 aliphatic heterocycles. The third kappa shape index (κ3) is 3.80. The molecule has 1 aromatic carbocycles. The van der Waals surface area contributed by atoms with Gasteiger partial charge in [-0.2, -0.15) is 5.26 Å². The summed E-state index contributed by atoms with van der Waals surface area (Å²) in [6.07, 6.45) is 3.58. The number of carbonyl (C=O) groups excluding carboxylic acids is 1. The highest BCUT2D eigenvalue weighted by atomic mass is 32.2. The lowest BCUT2D eigenvalue weighted by Crippen LogP contribution is -2.41. The predicted molar refractivity (Wildman–Crippen MR) is 106 cm³/mol. The van der Waals surface area contributed by atoms with Gasteiger partial charge in [0.15, 0.2) is 0 Å². The molecule has 1 fully saturated rings. The summed E-state index contributed by atoms with van der Waals surface area (Å²) in [6, 6.07) is 12.5. The number of hydrogen-bond acceptors (Lipinski definition) is 5. The zero-order valence-electron chi connectivity index (χ0n) is 14.5. The second-order valence-corrected chi connectivity index (χ2v) is 8.81. The molecule has 1 saturated carbocycles. The van der Waals surface area contributed by atoms with E-state index in [1.54, 1.807) is 0 Å². The van der Waals surface area contributed by atoms with Gasteiger partial charge in [0, 0.05) is 22.4 Å². The third-order valence-electron chi connectivity index (χ3n) is 4.99. The van der Waals surface area contributed by atoms with Crippen LogP contribution in [0.25, 0.3) is 0 Å². The molecule has 2 aromatic rings. The van der Waals surface area contributed by atoms with Gasteiger partial charge in [-0.1, -0.05) is 12.1 Å². The van der Waals surface area contributed by atoms with Crippen LogP contribution in [-0.2, 0) is 11.2 Å². The van der Waals surface area contributed by atoms with Crippen LogP contribution in [0.2, 0.25) is 0 Å². The van der Waals surface area contributed by atoms with E-state index in [1.165, 1.54) is 35.0 Å². The van der Waals surface area contributed by atoms with Crippen molar-refractivity contribution in [2.45, 2.75) is 30.2 Å². The molecule has 4 nitrogen and oxygen atoms in total. The summed E-state index contributed by atoms with van der Waals surface area (Å²) in [5.74, 6) is 1.11. The number of nitrogens with one attached hydrogen (secondary N) is 1. The lowest BCUT2D eigenvalue weighted by molar-refractivity contribution is -0.118. The second kappa shape index (κ2) is 7.83. The third-order valence-corrected chi connectivity index (χ3v) is 6.92. The van der Waals surface area contributed by atoms with Gasteiger partial charge >= 0.3 is 0 Å². The maximum absolute atomic E-state index is 12.7. The summed E-state index contributed by atoms with van der Waals surface area (Å²) in [5.41, 5.74) is 2.25. The van der Waals surface area contributed by atoms with Crippen molar-refractivity contribution in [1.29, 1.82) is 5.26 Å². The Kier molecular flexibility index (Phi) is 5.30. The number of amides is 1. The fourth-order valence-electron chi connectivity index (χ4n) is 3.72. The van der Waals surface area contributed by atoms with Crippen molar-refractivity contribution in [3.8, 4) is 6.07 Å². The summed E-state index contributed by atoms with van der Waals surface area (Å²) in [7, 11) is 0. The molecule has 2 aliphatic rings. The smallest absolute Gasteiger partial charge is 0.238 e. The van der Waals surface area contributed by atoms with Gasteiger partial charge in [-0.15, -0.1) is 23.1 Å². The maximum atomic E-state index is 12.7. The molecule has 1 atom stereocenters. The first kappa shape index (κ1) is 17.6. The molecule has 6 heteroatoms. The monoisotopic (exact) mass is 383 g/mol. The van der Waals surface area contributed by atoms with Crippen LogP contribution >= 0.6 is 23.1 Å². The Morgan fingerprint density at radius 2 is 2.19 bits per heavy atom. The van der Waals surface area contributed by atoms with E-state index in [4.69, 9.17) is 5.26 Å². The highest BCUT2D eigenvalue weighted by Gasteiger charge is 2.40. The highest BCUT2D eigenvalue weighted by Crippen LogP contribution is 2.48. The normalized spacial score (nSPS) is 19.6. The Morgan fingerprint density at radius 3 is 3.00 bits per heavy atom. The number of para-hydroxylation sites is 1. The highest BCUT2D eigenvalue weighted by molar-refractivity contribution is 7.99. The van der Waals surface area contributed by atoms with Crippen LogP contribution in [0.5, 0.6) is 0 Å². The van der Waals surface area contributed by atoms with E-state index < -0.39 is 0 Å². The molecule has 26 heavy (non-hydrogen) atoms. The fraction of sp³-hybridized carbons (Fsp3) is 0.400. The number of fused-ring (bicyclic) bond motifs is 1. The Morgan fingerprint density at radius 1 is 1.35 bits per heavy atom. The van der Waals surface area contributed by atoms with Crippen molar-refractivity contribution in [2.75, 3.05) is 24.2 Å². The van der Waals surface area contributed by atoms with Crippen molar-refractivity contribution < 1.29 is 4.79 Å². The molecule has 0 spiro atoms. The van der Waals surface area contributed by atoms with Crippen molar-refractivity contribution in [1.82, 2.24) is 4.90 Å². The number of anilines is 1. The van der Waals surface area contributed by atoms with Gasteiger partial charge in [0.05, 0.1) is 24.1 Å². The standard InChI is InChI=1S/C20H21N3OS2/c21-9-12-26-18-4-2-1-3-16(18)22-19(24)13-23-10-7-17-15(8-11-25-17)20(23)14-5-6-14/h1-4,8,11,14,20H,5-7,10,12-13H2,(H,22,24)/t20-/m0/s1. The van der Waals surface area contributed by atoms with E-state index in [0.717, 1.165) is 23.5 Å². The summed E-state index contributed by atoms with van der Waals surface area (Å²) < 4.78 is 0. The molecule has 0 unspecified atom stereocenters. The molecule has 1 aromatic heterocycles. The quantitative estimate of drug-likeness (QED) is 0.755. The Labute approximate surface area is 162 Å². The SMILES string of the molecule is N#CCSc1ccccc1NC(=O)CN1CCc2sccc2[C@@H]1C1CC1. The zero-order chi connectivity index (χ0) is 17.9. The zero-order valence-corrected chi connectivity index (χ0v) is 16.1. The molecule has 0 radical (unpaired) electrons. The van der Waals surface area contributed by atoms with Crippen LogP contribution in [0.15, 0.2) is 40.6 Å². The van der Waals surface area contributed by atoms with Crippen molar-refractivity contribution in [3.63, 3.8) is 0 Å². The number of carbonyl (C=O) groups is 1. The summed E-state index contributed by atoms with van der Waals surface area (Å²) in [4.78, 5) is 17.5. The van der Waals surface area contributed by atoms with Crippen LogP contribution in [-0.4, -0.2) is 29.6 Å². The number of nitrogens with zero attached hydrogens (tertiary/aromatic N) is 2. The van der Waals surface area contributed by atoms with E-state index in [2.05, 4.69) is 27.7 Å². The molecule has 0 bridgehead atoms. The first-order valence-electron chi connectivity index (χ1n) is 8.95. The molecule has 1 N–H and O–H groups in total. The van der Waals surface area contributed by atoms with E-state index in [1.807, 2.05) is 35.6 Å². The van der Waals surface area contributed by atoms with Crippen LogP contribution in [0.3, 0.4) is 0 Å². The minimum Gasteiger partial charge on any atom is -0.324 e. The van der Waals surface area contributed by atoms with Gasteiger partial charge in [0.25, 0.3) is 0 Å². The van der Waals surface area contributed by atoms with Crippen LogP contribution in [0, 0.1) is 17.2 Å².